The molecule has 0 saturated carbocycles. The van der Waals surface area contributed by atoms with Crippen molar-refractivity contribution in [2.75, 3.05) is 0 Å². The van der Waals surface area contributed by atoms with Crippen molar-refractivity contribution in [1.29, 1.82) is 0 Å². The van der Waals surface area contributed by atoms with Crippen molar-refractivity contribution in [2.45, 2.75) is 39.5 Å². The van der Waals surface area contributed by atoms with E-state index in [0.717, 1.165) is 12.0 Å². The standard InChI is InChI=1S/C14H18O/c1-9(2)6-11-4-5-12-10(3)7-14(15)13(12)8-11/h4-5,8-10H,6-7H2,1-3H3. The van der Waals surface area contributed by atoms with Crippen LogP contribution in [0.4, 0.5) is 0 Å². The van der Waals surface area contributed by atoms with Crippen LogP contribution in [-0.2, 0) is 6.42 Å². The quantitative estimate of drug-likeness (QED) is 0.716. The van der Waals surface area contributed by atoms with Gasteiger partial charge in [0.2, 0.25) is 0 Å². The second-order valence-electron chi connectivity index (χ2n) is 5.05. The third kappa shape index (κ3) is 1.97. The molecule has 0 heterocycles. The highest BCUT2D eigenvalue weighted by Crippen LogP contribution is 2.33. The zero-order valence-corrected chi connectivity index (χ0v) is 9.71. The maximum Gasteiger partial charge on any atom is 0.163 e. The van der Waals surface area contributed by atoms with Gasteiger partial charge in [0, 0.05) is 12.0 Å². The van der Waals surface area contributed by atoms with Gasteiger partial charge in [0.05, 0.1) is 0 Å². The summed E-state index contributed by atoms with van der Waals surface area (Å²) in [5.41, 5.74) is 3.51. The van der Waals surface area contributed by atoms with E-state index in [2.05, 4.69) is 39.0 Å². The molecule has 0 N–H and O–H groups in total. The minimum Gasteiger partial charge on any atom is -0.294 e. The zero-order chi connectivity index (χ0) is 11.0. The Kier molecular flexibility index (Phi) is 2.64. The maximum absolute atomic E-state index is 11.7. The Bertz CT molecular complexity index is 390. The van der Waals surface area contributed by atoms with Crippen LogP contribution in [0.25, 0.3) is 0 Å². The first kappa shape index (κ1) is 10.4. The van der Waals surface area contributed by atoms with Gasteiger partial charge >= 0.3 is 0 Å². The van der Waals surface area contributed by atoms with Crippen LogP contribution in [0.1, 0.15) is 54.6 Å². The lowest BCUT2D eigenvalue weighted by Gasteiger charge is -2.08. The number of rotatable bonds is 2. The van der Waals surface area contributed by atoms with Gasteiger partial charge in [0.1, 0.15) is 0 Å². The van der Waals surface area contributed by atoms with Gasteiger partial charge in [-0.2, -0.15) is 0 Å². The first-order valence-electron chi connectivity index (χ1n) is 5.74. The predicted molar refractivity (Wildman–Crippen MR) is 62.3 cm³/mol. The van der Waals surface area contributed by atoms with Crippen molar-refractivity contribution in [3.63, 3.8) is 0 Å². The highest BCUT2D eigenvalue weighted by atomic mass is 16.1. The average Bonchev–Trinajstić information content (AvgIpc) is 2.41. The number of carbonyl (C=O) groups excluding carboxylic acids is 1. The third-order valence-corrected chi connectivity index (χ3v) is 3.08. The van der Waals surface area contributed by atoms with Gasteiger partial charge in [0.25, 0.3) is 0 Å². The minimum absolute atomic E-state index is 0.322. The molecule has 1 aliphatic carbocycles. The van der Waals surface area contributed by atoms with Crippen molar-refractivity contribution in [3.8, 4) is 0 Å². The fraction of sp³-hybridized carbons (Fsp3) is 0.500. The highest BCUT2D eigenvalue weighted by molar-refractivity contribution is 6.01. The van der Waals surface area contributed by atoms with Gasteiger partial charge < -0.3 is 0 Å². The van der Waals surface area contributed by atoms with Crippen molar-refractivity contribution in [2.24, 2.45) is 5.92 Å². The lowest BCUT2D eigenvalue weighted by atomic mass is 9.97. The molecule has 15 heavy (non-hydrogen) atoms. The van der Waals surface area contributed by atoms with Crippen LogP contribution in [-0.4, -0.2) is 5.78 Å². The molecule has 1 aliphatic rings. The number of ketones is 1. The van der Waals surface area contributed by atoms with Crippen LogP contribution in [0.15, 0.2) is 18.2 Å². The van der Waals surface area contributed by atoms with E-state index in [1.54, 1.807) is 0 Å². The van der Waals surface area contributed by atoms with Crippen LogP contribution in [0.2, 0.25) is 0 Å². The summed E-state index contributed by atoms with van der Waals surface area (Å²) in [6, 6.07) is 6.41. The normalized spacial score (nSPS) is 19.7. The Morgan fingerprint density at radius 3 is 2.80 bits per heavy atom. The molecule has 0 amide bonds. The molecule has 0 aromatic heterocycles. The van der Waals surface area contributed by atoms with Gasteiger partial charge in [0.15, 0.2) is 5.78 Å². The molecule has 80 valence electrons. The van der Waals surface area contributed by atoms with Crippen LogP contribution in [0, 0.1) is 5.92 Å². The molecule has 1 atom stereocenters. The summed E-state index contributed by atoms with van der Waals surface area (Å²) >= 11 is 0. The van der Waals surface area contributed by atoms with E-state index in [1.807, 2.05) is 0 Å². The van der Waals surface area contributed by atoms with E-state index in [9.17, 15) is 4.79 Å². The number of Topliss-reactive ketones (excluding diaryl/α,β-unsaturated/α-hetero) is 1. The molecule has 1 nitrogen and oxygen atoms in total. The molecule has 1 aromatic rings. The number of fused-ring (bicyclic) bond motifs is 1. The minimum atomic E-state index is 0.322. The Balaban J connectivity index is 2.34. The lowest BCUT2D eigenvalue weighted by molar-refractivity contribution is 0.0990. The second-order valence-corrected chi connectivity index (χ2v) is 5.05. The number of benzene rings is 1. The predicted octanol–water partition coefficient (Wildman–Crippen LogP) is 3.58. The van der Waals surface area contributed by atoms with Gasteiger partial charge in [-0.25, -0.2) is 0 Å². The molecule has 0 fully saturated rings. The monoisotopic (exact) mass is 202 g/mol. The van der Waals surface area contributed by atoms with Crippen LogP contribution >= 0.6 is 0 Å². The first-order chi connectivity index (χ1) is 7.08. The number of hydrogen-bond donors (Lipinski definition) is 0. The molecule has 0 radical (unpaired) electrons. The molecule has 1 heteroatoms. The first-order valence-corrected chi connectivity index (χ1v) is 5.74. The van der Waals surface area contributed by atoms with Crippen LogP contribution in [0.5, 0.6) is 0 Å². The van der Waals surface area contributed by atoms with Crippen molar-refractivity contribution in [3.05, 3.63) is 34.9 Å². The Morgan fingerprint density at radius 1 is 1.40 bits per heavy atom. The average molecular weight is 202 g/mol. The number of hydrogen-bond acceptors (Lipinski definition) is 1. The second kappa shape index (κ2) is 3.80. The van der Waals surface area contributed by atoms with E-state index in [-0.39, 0.29) is 0 Å². The smallest absolute Gasteiger partial charge is 0.163 e. The van der Waals surface area contributed by atoms with Gasteiger partial charge in [-0.05, 0) is 35.4 Å². The summed E-state index contributed by atoms with van der Waals surface area (Å²) in [6.45, 7) is 6.54. The van der Waals surface area contributed by atoms with Crippen molar-refractivity contribution in [1.82, 2.24) is 0 Å². The molecule has 0 saturated heterocycles. The van der Waals surface area contributed by atoms with Crippen LogP contribution in [0.3, 0.4) is 0 Å². The molecule has 2 rings (SSSR count). The van der Waals surface area contributed by atoms with E-state index in [1.165, 1.54) is 11.1 Å². The Morgan fingerprint density at radius 2 is 2.13 bits per heavy atom. The molecular formula is C14H18O. The van der Waals surface area contributed by atoms with Crippen molar-refractivity contribution < 1.29 is 4.79 Å². The topological polar surface area (TPSA) is 17.1 Å². The third-order valence-electron chi connectivity index (χ3n) is 3.08. The summed E-state index contributed by atoms with van der Waals surface area (Å²) in [5, 5.41) is 0. The van der Waals surface area contributed by atoms with E-state index < -0.39 is 0 Å². The maximum atomic E-state index is 11.7. The molecule has 1 aromatic carbocycles. The van der Waals surface area contributed by atoms with Gasteiger partial charge in [-0.15, -0.1) is 0 Å². The zero-order valence-electron chi connectivity index (χ0n) is 9.71. The molecular weight excluding hydrogens is 184 g/mol. The van der Waals surface area contributed by atoms with E-state index in [0.29, 0.717) is 24.0 Å². The molecule has 0 spiro atoms. The lowest BCUT2D eigenvalue weighted by Crippen LogP contribution is -1.97. The van der Waals surface area contributed by atoms with Crippen LogP contribution < -0.4 is 0 Å². The largest absolute Gasteiger partial charge is 0.294 e. The Labute approximate surface area is 91.5 Å². The molecule has 0 bridgehead atoms. The molecule has 0 aliphatic heterocycles. The summed E-state index contributed by atoms with van der Waals surface area (Å²) in [7, 11) is 0. The summed E-state index contributed by atoms with van der Waals surface area (Å²) in [4.78, 5) is 11.7. The fourth-order valence-corrected chi connectivity index (χ4v) is 2.37. The summed E-state index contributed by atoms with van der Waals surface area (Å²) in [5.74, 6) is 1.39. The molecule has 1 unspecified atom stereocenters. The van der Waals surface area contributed by atoms with E-state index >= 15 is 0 Å². The van der Waals surface area contributed by atoms with Gasteiger partial charge in [-0.3, -0.25) is 4.79 Å². The van der Waals surface area contributed by atoms with Crippen molar-refractivity contribution >= 4 is 5.78 Å². The highest BCUT2D eigenvalue weighted by Gasteiger charge is 2.25. The summed E-state index contributed by atoms with van der Waals surface area (Å²) in [6.07, 6.45) is 1.76. The number of carbonyl (C=O) groups is 1. The van der Waals surface area contributed by atoms with Gasteiger partial charge in [-0.1, -0.05) is 32.9 Å². The fourth-order valence-electron chi connectivity index (χ4n) is 2.37. The SMILES string of the molecule is CC(C)Cc1ccc2c(c1)C(=O)CC2C. The van der Waals surface area contributed by atoms with E-state index in [4.69, 9.17) is 0 Å². The summed E-state index contributed by atoms with van der Waals surface area (Å²) < 4.78 is 0. The Hall–Kier alpha value is -1.11.